The molecule has 0 unspecified atom stereocenters. The molecule has 3 heterocycles. The fraction of sp³-hybridized carbons (Fsp3) is 0.526. The van der Waals surface area contributed by atoms with Crippen LogP contribution in [-0.2, 0) is 24.3 Å². The predicted molar refractivity (Wildman–Crippen MR) is 96.8 cm³/mol. The van der Waals surface area contributed by atoms with Crippen LogP contribution in [0.5, 0.6) is 0 Å². The minimum absolute atomic E-state index is 0.0320. The van der Waals surface area contributed by atoms with Crippen LogP contribution < -0.4 is 5.32 Å². The second kappa shape index (κ2) is 7.78. The maximum absolute atomic E-state index is 11.1. The zero-order valence-corrected chi connectivity index (χ0v) is 15.3. The number of aromatic amines is 1. The summed E-state index contributed by atoms with van der Waals surface area (Å²) < 4.78 is 0. The van der Waals surface area contributed by atoms with Gasteiger partial charge in [-0.2, -0.15) is 0 Å². The van der Waals surface area contributed by atoms with E-state index in [9.17, 15) is 4.79 Å². The molecule has 6 heteroatoms. The van der Waals surface area contributed by atoms with Crippen molar-refractivity contribution in [3.8, 4) is 0 Å². The Morgan fingerprint density at radius 3 is 3.04 bits per heavy atom. The Kier molecular flexibility index (Phi) is 5.48. The Labute approximate surface area is 149 Å². The summed E-state index contributed by atoms with van der Waals surface area (Å²) in [5.41, 5.74) is 4.50. The minimum Gasteiger partial charge on any atom is -0.351 e. The van der Waals surface area contributed by atoms with Crippen LogP contribution in [-0.4, -0.2) is 32.3 Å². The molecule has 0 spiro atoms. The number of pyridine rings is 1. The van der Waals surface area contributed by atoms with Gasteiger partial charge in [0, 0.05) is 37.8 Å². The van der Waals surface area contributed by atoms with Gasteiger partial charge in [-0.15, -0.1) is 0 Å². The highest BCUT2D eigenvalue weighted by atomic mass is 16.1. The first-order chi connectivity index (χ1) is 12.1. The van der Waals surface area contributed by atoms with E-state index in [1.165, 1.54) is 24.6 Å². The van der Waals surface area contributed by atoms with Crippen molar-refractivity contribution in [2.75, 3.05) is 6.54 Å². The number of carbonyl (C=O) groups excluding carboxylic acids is 1. The molecular weight excluding hydrogens is 314 g/mol. The van der Waals surface area contributed by atoms with E-state index in [1.807, 2.05) is 6.20 Å². The van der Waals surface area contributed by atoms with Crippen molar-refractivity contribution < 1.29 is 4.79 Å². The third kappa shape index (κ3) is 4.25. The number of hydrogen-bond donors (Lipinski definition) is 2. The van der Waals surface area contributed by atoms with Crippen molar-refractivity contribution in [3.05, 3.63) is 46.8 Å². The van der Waals surface area contributed by atoms with Crippen LogP contribution in [0.15, 0.2) is 18.3 Å². The summed E-state index contributed by atoms with van der Waals surface area (Å²) in [6, 6.07) is 4.60. The number of amides is 1. The first-order valence-electron chi connectivity index (χ1n) is 9.04. The molecule has 3 rings (SSSR count). The third-order valence-corrected chi connectivity index (χ3v) is 4.83. The Morgan fingerprint density at radius 1 is 1.48 bits per heavy atom. The molecule has 1 amide bonds. The molecule has 1 aliphatic rings. The van der Waals surface area contributed by atoms with Crippen molar-refractivity contribution in [3.63, 3.8) is 0 Å². The third-order valence-electron chi connectivity index (χ3n) is 4.83. The summed E-state index contributed by atoms with van der Waals surface area (Å²) >= 11 is 0. The standard InChI is InChI=1S/C19H27N5O/c1-4-19-22-13(2)17(23-19)12-24-9-5-6-18(24)15-7-8-20-16(10-15)11-21-14(3)25/h7-8,10,18H,4-6,9,11-12H2,1-3H3,(H,21,25)(H,22,23)/t18-/m1/s1. The van der Waals surface area contributed by atoms with Crippen molar-refractivity contribution >= 4 is 5.91 Å². The molecule has 0 bridgehead atoms. The van der Waals surface area contributed by atoms with Crippen LogP contribution in [0.2, 0.25) is 0 Å². The molecule has 0 radical (unpaired) electrons. The fourth-order valence-corrected chi connectivity index (χ4v) is 3.49. The summed E-state index contributed by atoms with van der Waals surface area (Å²) in [6.07, 6.45) is 5.12. The minimum atomic E-state index is -0.0320. The van der Waals surface area contributed by atoms with E-state index in [0.29, 0.717) is 12.6 Å². The highest BCUT2D eigenvalue weighted by molar-refractivity contribution is 5.72. The van der Waals surface area contributed by atoms with Crippen LogP contribution >= 0.6 is 0 Å². The topological polar surface area (TPSA) is 73.9 Å². The van der Waals surface area contributed by atoms with Gasteiger partial charge in [-0.25, -0.2) is 4.98 Å². The average molecular weight is 341 g/mol. The number of imidazole rings is 1. The van der Waals surface area contributed by atoms with Gasteiger partial charge in [-0.1, -0.05) is 6.92 Å². The zero-order valence-electron chi connectivity index (χ0n) is 15.3. The van der Waals surface area contributed by atoms with Gasteiger partial charge in [0.25, 0.3) is 0 Å². The van der Waals surface area contributed by atoms with E-state index < -0.39 is 0 Å². The lowest BCUT2D eigenvalue weighted by atomic mass is 10.0. The summed E-state index contributed by atoms with van der Waals surface area (Å²) in [5.74, 6) is 1.03. The van der Waals surface area contributed by atoms with Gasteiger partial charge >= 0.3 is 0 Å². The summed E-state index contributed by atoms with van der Waals surface area (Å²) in [4.78, 5) is 26.1. The zero-order chi connectivity index (χ0) is 17.8. The number of nitrogens with zero attached hydrogens (tertiary/aromatic N) is 3. The summed E-state index contributed by atoms with van der Waals surface area (Å²) in [7, 11) is 0. The average Bonchev–Trinajstić information content (AvgIpc) is 3.20. The number of carbonyl (C=O) groups is 1. The van der Waals surface area contributed by atoms with Crippen LogP contribution in [0.25, 0.3) is 0 Å². The molecule has 1 atom stereocenters. The van der Waals surface area contributed by atoms with Crippen molar-refractivity contribution in [2.24, 2.45) is 0 Å². The molecule has 1 fully saturated rings. The monoisotopic (exact) mass is 341 g/mol. The summed E-state index contributed by atoms with van der Waals surface area (Å²) in [6.45, 7) is 8.19. The Hall–Kier alpha value is -2.21. The van der Waals surface area contributed by atoms with Crippen LogP contribution in [0.4, 0.5) is 0 Å². The molecule has 134 valence electrons. The second-order valence-electron chi connectivity index (χ2n) is 6.73. The molecule has 2 N–H and O–H groups in total. The van der Waals surface area contributed by atoms with Gasteiger partial charge in [-0.3, -0.25) is 14.7 Å². The lowest BCUT2D eigenvalue weighted by Gasteiger charge is -2.24. The normalized spacial score (nSPS) is 17.8. The lowest BCUT2D eigenvalue weighted by molar-refractivity contribution is -0.119. The van der Waals surface area contributed by atoms with Crippen molar-refractivity contribution in [1.29, 1.82) is 0 Å². The number of aromatic nitrogens is 3. The van der Waals surface area contributed by atoms with Crippen molar-refractivity contribution in [2.45, 2.75) is 59.2 Å². The predicted octanol–water partition coefficient (Wildman–Crippen LogP) is 2.65. The number of nitrogens with one attached hydrogen (secondary N) is 2. The SMILES string of the molecule is CCc1nc(CN2CCC[C@@H]2c2ccnc(CNC(C)=O)c2)c(C)[nH]1. The van der Waals surface area contributed by atoms with Gasteiger partial charge in [0.15, 0.2) is 0 Å². The lowest BCUT2D eigenvalue weighted by Crippen LogP contribution is -2.24. The van der Waals surface area contributed by atoms with Crippen molar-refractivity contribution in [1.82, 2.24) is 25.2 Å². The second-order valence-corrected chi connectivity index (χ2v) is 6.73. The number of H-pyrrole nitrogens is 1. The van der Waals surface area contributed by atoms with Gasteiger partial charge in [0.1, 0.15) is 5.82 Å². The van der Waals surface area contributed by atoms with E-state index in [4.69, 9.17) is 4.98 Å². The first-order valence-corrected chi connectivity index (χ1v) is 9.04. The molecular formula is C19H27N5O. The van der Waals surface area contributed by atoms with Crippen LogP contribution in [0.3, 0.4) is 0 Å². The molecule has 0 aliphatic carbocycles. The van der Waals surface area contributed by atoms with Gasteiger partial charge in [0.2, 0.25) is 5.91 Å². The van der Waals surface area contributed by atoms with E-state index >= 15 is 0 Å². The molecule has 1 saturated heterocycles. The molecule has 0 aromatic carbocycles. The van der Waals surface area contributed by atoms with Gasteiger partial charge in [0.05, 0.1) is 17.9 Å². The molecule has 25 heavy (non-hydrogen) atoms. The Balaban J connectivity index is 1.73. The van der Waals surface area contributed by atoms with E-state index in [-0.39, 0.29) is 5.91 Å². The number of aryl methyl sites for hydroxylation is 2. The first kappa shape index (κ1) is 17.6. The largest absolute Gasteiger partial charge is 0.351 e. The highest BCUT2D eigenvalue weighted by Gasteiger charge is 2.27. The number of hydrogen-bond acceptors (Lipinski definition) is 4. The van der Waals surface area contributed by atoms with Crippen LogP contribution in [0.1, 0.15) is 61.2 Å². The Bertz CT molecular complexity index is 739. The quantitative estimate of drug-likeness (QED) is 0.847. The molecule has 6 nitrogen and oxygen atoms in total. The number of rotatable bonds is 6. The fourth-order valence-electron chi connectivity index (χ4n) is 3.49. The van der Waals surface area contributed by atoms with E-state index in [0.717, 1.165) is 43.1 Å². The molecule has 2 aromatic heterocycles. The summed E-state index contributed by atoms with van der Waals surface area (Å²) in [5, 5.41) is 2.82. The molecule has 1 aliphatic heterocycles. The molecule has 0 saturated carbocycles. The number of likely N-dealkylation sites (tertiary alicyclic amines) is 1. The van der Waals surface area contributed by atoms with Gasteiger partial charge in [-0.05, 0) is 44.0 Å². The maximum Gasteiger partial charge on any atom is 0.217 e. The smallest absolute Gasteiger partial charge is 0.217 e. The van der Waals surface area contributed by atoms with E-state index in [2.05, 4.69) is 46.2 Å². The van der Waals surface area contributed by atoms with Gasteiger partial charge < -0.3 is 10.3 Å². The van der Waals surface area contributed by atoms with E-state index in [1.54, 1.807) is 0 Å². The maximum atomic E-state index is 11.1. The molecule has 2 aromatic rings. The highest BCUT2D eigenvalue weighted by Crippen LogP contribution is 2.33. The Morgan fingerprint density at radius 2 is 2.32 bits per heavy atom. The van der Waals surface area contributed by atoms with Crippen LogP contribution in [0, 0.1) is 6.92 Å².